The lowest BCUT2D eigenvalue weighted by atomic mass is 10.1. The van der Waals surface area contributed by atoms with E-state index in [1.807, 2.05) is 25.2 Å². The Morgan fingerprint density at radius 1 is 1.50 bits per heavy atom. The first kappa shape index (κ1) is 9.34. The molecule has 0 fully saturated rings. The number of fused-ring (bicyclic) bond motifs is 1. The third-order valence-electron chi connectivity index (χ3n) is 2.43. The highest BCUT2D eigenvalue weighted by Gasteiger charge is 2.17. The van der Waals surface area contributed by atoms with Crippen molar-refractivity contribution >= 4 is 5.69 Å². The molecule has 0 bridgehead atoms. The molecule has 2 N–H and O–H groups in total. The summed E-state index contributed by atoms with van der Waals surface area (Å²) in [5.74, 6) is 0.966. The normalized spacial score (nSPS) is 19.4. The molecule has 1 aromatic carbocycles. The maximum Gasteiger partial charge on any atom is 0.142 e. The van der Waals surface area contributed by atoms with Crippen LogP contribution in [-0.4, -0.2) is 26.2 Å². The Morgan fingerprint density at radius 2 is 2.36 bits per heavy atom. The first-order valence-corrected chi connectivity index (χ1v) is 5.03. The molecular weight excluding hydrogens is 176 g/mol. The first-order valence-electron chi connectivity index (χ1n) is 5.03. The van der Waals surface area contributed by atoms with Gasteiger partial charge in [-0.05, 0) is 32.1 Å². The molecule has 0 spiro atoms. The van der Waals surface area contributed by atoms with Crippen LogP contribution in [0.3, 0.4) is 0 Å². The van der Waals surface area contributed by atoms with E-state index in [0.29, 0.717) is 6.04 Å². The number of rotatable bonds is 3. The van der Waals surface area contributed by atoms with Crippen molar-refractivity contribution in [3.8, 4) is 5.75 Å². The van der Waals surface area contributed by atoms with Gasteiger partial charge in [-0.15, -0.1) is 0 Å². The minimum atomic E-state index is 0.428. The molecule has 2 rings (SSSR count). The molecule has 0 aromatic heterocycles. The van der Waals surface area contributed by atoms with Crippen LogP contribution in [0.4, 0.5) is 5.69 Å². The Balaban J connectivity index is 1.99. The van der Waals surface area contributed by atoms with Gasteiger partial charge in [-0.2, -0.15) is 0 Å². The number of para-hydroxylation sites is 2. The molecule has 0 radical (unpaired) electrons. The molecule has 1 unspecified atom stereocenters. The van der Waals surface area contributed by atoms with E-state index in [2.05, 4.69) is 16.7 Å². The van der Waals surface area contributed by atoms with Gasteiger partial charge in [0.15, 0.2) is 0 Å². The summed E-state index contributed by atoms with van der Waals surface area (Å²) in [6.07, 6.45) is 1.09. The molecule has 0 saturated heterocycles. The summed E-state index contributed by atoms with van der Waals surface area (Å²) in [7, 11) is 1.97. The van der Waals surface area contributed by atoms with Gasteiger partial charge >= 0.3 is 0 Å². The maximum absolute atomic E-state index is 5.64. The van der Waals surface area contributed by atoms with E-state index < -0.39 is 0 Å². The first-order chi connectivity index (χ1) is 6.90. The van der Waals surface area contributed by atoms with E-state index >= 15 is 0 Å². The largest absolute Gasteiger partial charge is 0.489 e. The summed E-state index contributed by atoms with van der Waals surface area (Å²) in [6.45, 7) is 1.78. The highest BCUT2D eigenvalue weighted by atomic mass is 16.5. The van der Waals surface area contributed by atoms with Crippen molar-refractivity contribution in [2.45, 2.75) is 12.5 Å². The van der Waals surface area contributed by atoms with Crippen LogP contribution in [0, 0.1) is 0 Å². The van der Waals surface area contributed by atoms with E-state index in [1.54, 1.807) is 0 Å². The van der Waals surface area contributed by atoms with Crippen LogP contribution < -0.4 is 15.4 Å². The quantitative estimate of drug-likeness (QED) is 0.761. The fraction of sp³-hybridized carbons (Fsp3) is 0.455. The summed E-state index contributed by atoms with van der Waals surface area (Å²) >= 11 is 0. The van der Waals surface area contributed by atoms with Gasteiger partial charge in [-0.1, -0.05) is 12.1 Å². The van der Waals surface area contributed by atoms with Crippen molar-refractivity contribution in [2.24, 2.45) is 0 Å². The number of nitrogens with one attached hydrogen (secondary N) is 2. The lowest BCUT2D eigenvalue weighted by Crippen LogP contribution is -2.33. The molecule has 1 heterocycles. The molecule has 1 atom stereocenters. The molecule has 1 aliphatic rings. The van der Waals surface area contributed by atoms with Gasteiger partial charge in [-0.3, -0.25) is 0 Å². The van der Waals surface area contributed by atoms with Crippen LogP contribution >= 0.6 is 0 Å². The third-order valence-corrected chi connectivity index (χ3v) is 2.43. The van der Waals surface area contributed by atoms with Crippen molar-refractivity contribution in [2.75, 3.05) is 25.5 Å². The molecule has 3 nitrogen and oxygen atoms in total. The van der Waals surface area contributed by atoms with Crippen LogP contribution in [0.5, 0.6) is 5.75 Å². The zero-order chi connectivity index (χ0) is 9.80. The minimum Gasteiger partial charge on any atom is -0.489 e. The van der Waals surface area contributed by atoms with Gasteiger partial charge in [-0.25, -0.2) is 0 Å². The van der Waals surface area contributed by atoms with Gasteiger partial charge in [0.25, 0.3) is 0 Å². The molecule has 0 saturated carbocycles. The maximum atomic E-state index is 5.64. The highest BCUT2D eigenvalue weighted by molar-refractivity contribution is 5.58. The fourth-order valence-electron chi connectivity index (χ4n) is 1.64. The number of benzene rings is 1. The second kappa shape index (κ2) is 4.33. The lowest BCUT2D eigenvalue weighted by molar-refractivity contribution is 0.278. The molecule has 76 valence electrons. The van der Waals surface area contributed by atoms with Crippen molar-refractivity contribution in [1.82, 2.24) is 5.32 Å². The number of ether oxygens (including phenoxy) is 1. The van der Waals surface area contributed by atoms with Gasteiger partial charge in [0.05, 0.1) is 11.7 Å². The third kappa shape index (κ3) is 1.99. The zero-order valence-corrected chi connectivity index (χ0v) is 8.42. The van der Waals surface area contributed by atoms with E-state index in [4.69, 9.17) is 4.74 Å². The van der Waals surface area contributed by atoms with E-state index in [-0.39, 0.29) is 0 Å². The molecule has 1 aliphatic heterocycles. The predicted molar refractivity (Wildman–Crippen MR) is 57.9 cm³/mol. The van der Waals surface area contributed by atoms with Crippen LogP contribution in [0.25, 0.3) is 0 Å². The molecule has 0 amide bonds. The average Bonchev–Trinajstić information content (AvgIpc) is 2.26. The smallest absolute Gasteiger partial charge is 0.142 e. The second-order valence-corrected chi connectivity index (χ2v) is 3.54. The Kier molecular flexibility index (Phi) is 2.89. The second-order valence-electron chi connectivity index (χ2n) is 3.54. The van der Waals surface area contributed by atoms with Gasteiger partial charge in [0.1, 0.15) is 12.4 Å². The van der Waals surface area contributed by atoms with Crippen LogP contribution in [0.2, 0.25) is 0 Å². The van der Waals surface area contributed by atoms with Gasteiger partial charge in [0, 0.05) is 0 Å². The van der Waals surface area contributed by atoms with Gasteiger partial charge < -0.3 is 15.4 Å². The van der Waals surface area contributed by atoms with E-state index in [0.717, 1.165) is 31.0 Å². The van der Waals surface area contributed by atoms with E-state index in [1.165, 1.54) is 0 Å². The van der Waals surface area contributed by atoms with Gasteiger partial charge in [0.2, 0.25) is 0 Å². The summed E-state index contributed by atoms with van der Waals surface area (Å²) in [4.78, 5) is 0. The SMILES string of the molecule is CNCCC1COc2ccccc2N1. The topological polar surface area (TPSA) is 33.3 Å². The Hall–Kier alpha value is -1.22. The molecule has 14 heavy (non-hydrogen) atoms. The summed E-state index contributed by atoms with van der Waals surface area (Å²) in [5, 5.41) is 6.61. The molecular formula is C11H16N2O. The highest BCUT2D eigenvalue weighted by Crippen LogP contribution is 2.28. The predicted octanol–water partition coefficient (Wildman–Crippen LogP) is 1.47. The minimum absolute atomic E-state index is 0.428. The van der Waals surface area contributed by atoms with Crippen LogP contribution in [0.15, 0.2) is 24.3 Å². The summed E-state index contributed by atoms with van der Waals surface area (Å²) in [5.41, 5.74) is 1.11. The number of anilines is 1. The summed E-state index contributed by atoms with van der Waals surface area (Å²) in [6, 6.07) is 8.50. The molecule has 1 aromatic rings. The lowest BCUT2D eigenvalue weighted by Gasteiger charge is -2.27. The zero-order valence-electron chi connectivity index (χ0n) is 8.42. The Labute approximate surface area is 84.5 Å². The Morgan fingerprint density at radius 3 is 3.21 bits per heavy atom. The Bertz CT molecular complexity index is 301. The fourth-order valence-corrected chi connectivity index (χ4v) is 1.64. The van der Waals surface area contributed by atoms with Crippen molar-refractivity contribution in [1.29, 1.82) is 0 Å². The number of hydrogen-bond acceptors (Lipinski definition) is 3. The van der Waals surface area contributed by atoms with Crippen molar-refractivity contribution in [3.63, 3.8) is 0 Å². The molecule has 0 aliphatic carbocycles. The van der Waals surface area contributed by atoms with Crippen molar-refractivity contribution < 1.29 is 4.74 Å². The van der Waals surface area contributed by atoms with E-state index in [9.17, 15) is 0 Å². The average molecular weight is 192 g/mol. The number of hydrogen-bond donors (Lipinski definition) is 2. The summed E-state index contributed by atoms with van der Waals surface area (Å²) < 4.78 is 5.64. The standard InChI is InChI=1S/C11H16N2O/c1-12-7-6-9-8-14-11-5-3-2-4-10(11)13-9/h2-5,9,12-13H,6-8H2,1H3. The van der Waals surface area contributed by atoms with Crippen LogP contribution in [-0.2, 0) is 0 Å². The van der Waals surface area contributed by atoms with Crippen molar-refractivity contribution in [3.05, 3.63) is 24.3 Å². The van der Waals surface area contributed by atoms with Crippen LogP contribution in [0.1, 0.15) is 6.42 Å². The monoisotopic (exact) mass is 192 g/mol. The molecule has 3 heteroatoms.